The Hall–Kier alpha value is -1.58. The molecule has 0 aliphatic carbocycles. The summed E-state index contributed by atoms with van der Waals surface area (Å²) in [5, 5.41) is 0.274. The first kappa shape index (κ1) is 9.96. The van der Waals surface area contributed by atoms with Gasteiger partial charge < -0.3 is 0 Å². The van der Waals surface area contributed by atoms with Crippen molar-refractivity contribution in [3.63, 3.8) is 0 Å². The smallest absolute Gasteiger partial charge is 0.207 e. The standard InChI is InChI=1S/C11H6F4/c12-8-4-5-9-7(6-8)2-1-3-10(9)11(13,14)15/h1-6H. The molecule has 78 valence electrons. The highest BCUT2D eigenvalue weighted by Gasteiger charge is 2.32. The lowest BCUT2D eigenvalue weighted by Gasteiger charge is -2.09. The van der Waals surface area contributed by atoms with Crippen LogP contribution in [-0.4, -0.2) is 0 Å². The maximum Gasteiger partial charge on any atom is 0.417 e. The van der Waals surface area contributed by atoms with Gasteiger partial charge in [0.25, 0.3) is 0 Å². The Morgan fingerprint density at radius 1 is 0.933 bits per heavy atom. The van der Waals surface area contributed by atoms with Crippen LogP contribution in [-0.2, 0) is 6.18 Å². The fraction of sp³-hybridized carbons (Fsp3) is 0.0909. The van der Waals surface area contributed by atoms with Crippen molar-refractivity contribution in [2.75, 3.05) is 0 Å². The summed E-state index contributed by atoms with van der Waals surface area (Å²) < 4.78 is 50.4. The van der Waals surface area contributed by atoms with Crippen molar-refractivity contribution in [3.8, 4) is 0 Å². The maximum absolute atomic E-state index is 12.8. The molecule has 2 aromatic carbocycles. The third-order valence-electron chi connectivity index (χ3n) is 2.15. The van der Waals surface area contributed by atoms with Crippen molar-refractivity contribution in [1.82, 2.24) is 0 Å². The second-order valence-corrected chi connectivity index (χ2v) is 3.17. The Labute approximate surface area is 83.1 Å². The number of halogens is 4. The summed E-state index contributed by atoms with van der Waals surface area (Å²) in [4.78, 5) is 0. The van der Waals surface area contributed by atoms with Gasteiger partial charge in [-0.1, -0.05) is 18.2 Å². The molecule has 0 nitrogen and oxygen atoms in total. The lowest BCUT2D eigenvalue weighted by atomic mass is 10.0. The average Bonchev–Trinajstić information content (AvgIpc) is 2.15. The molecular formula is C11H6F4. The van der Waals surface area contributed by atoms with Crippen molar-refractivity contribution < 1.29 is 17.6 Å². The van der Waals surface area contributed by atoms with Gasteiger partial charge in [-0.15, -0.1) is 0 Å². The van der Waals surface area contributed by atoms with Gasteiger partial charge in [0.2, 0.25) is 0 Å². The van der Waals surface area contributed by atoms with Gasteiger partial charge in [0.1, 0.15) is 5.82 Å². The predicted octanol–water partition coefficient (Wildman–Crippen LogP) is 4.00. The number of alkyl halides is 3. The van der Waals surface area contributed by atoms with E-state index < -0.39 is 17.6 Å². The summed E-state index contributed by atoms with van der Waals surface area (Å²) in [5.74, 6) is -0.540. The SMILES string of the molecule is Fc1ccc2c(C(F)(F)F)cccc2c1. The van der Waals surface area contributed by atoms with Crippen LogP contribution in [0.2, 0.25) is 0 Å². The first-order valence-electron chi connectivity index (χ1n) is 4.24. The summed E-state index contributed by atoms with van der Waals surface area (Å²) in [6.07, 6.45) is -4.41. The van der Waals surface area contributed by atoms with Gasteiger partial charge in [0.05, 0.1) is 5.56 Å². The van der Waals surface area contributed by atoms with Crippen LogP contribution >= 0.6 is 0 Å². The van der Waals surface area contributed by atoms with E-state index >= 15 is 0 Å². The lowest BCUT2D eigenvalue weighted by molar-refractivity contribution is -0.136. The molecule has 0 bridgehead atoms. The minimum atomic E-state index is -4.41. The minimum Gasteiger partial charge on any atom is -0.207 e. The van der Waals surface area contributed by atoms with Gasteiger partial charge in [0, 0.05) is 0 Å². The van der Waals surface area contributed by atoms with E-state index in [1.807, 2.05) is 0 Å². The third kappa shape index (κ3) is 1.79. The first-order chi connectivity index (χ1) is 6.98. The predicted molar refractivity (Wildman–Crippen MR) is 48.9 cm³/mol. The van der Waals surface area contributed by atoms with E-state index in [-0.39, 0.29) is 10.8 Å². The van der Waals surface area contributed by atoms with Crippen LogP contribution in [0, 0.1) is 5.82 Å². The highest BCUT2D eigenvalue weighted by Crippen LogP contribution is 2.34. The van der Waals surface area contributed by atoms with E-state index in [1.54, 1.807) is 0 Å². The van der Waals surface area contributed by atoms with Gasteiger partial charge in [-0.25, -0.2) is 4.39 Å². The molecule has 0 atom stereocenters. The summed E-state index contributed by atoms with van der Waals surface area (Å²) in [6.45, 7) is 0. The minimum absolute atomic E-state index is 0.0198. The van der Waals surface area contributed by atoms with E-state index in [1.165, 1.54) is 12.1 Å². The lowest BCUT2D eigenvalue weighted by Crippen LogP contribution is -2.05. The van der Waals surface area contributed by atoms with Crippen molar-refractivity contribution in [2.24, 2.45) is 0 Å². The molecule has 4 heteroatoms. The molecule has 2 rings (SSSR count). The van der Waals surface area contributed by atoms with Crippen molar-refractivity contribution >= 4 is 10.8 Å². The average molecular weight is 214 g/mol. The molecule has 0 amide bonds. The fourth-order valence-electron chi connectivity index (χ4n) is 1.50. The highest BCUT2D eigenvalue weighted by atomic mass is 19.4. The molecule has 0 radical (unpaired) electrons. The Balaban J connectivity index is 2.77. The summed E-state index contributed by atoms with van der Waals surface area (Å²) in [7, 11) is 0. The number of hydrogen-bond acceptors (Lipinski definition) is 0. The van der Waals surface area contributed by atoms with Crippen LogP contribution in [0.25, 0.3) is 10.8 Å². The largest absolute Gasteiger partial charge is 0.417 e. The van der Waals surface area contributed by atoms with E-state index in [2.05, 4.69) is 0 Å². The molecule has 0 spiro atoms. The fourth-order valence-corrected chi connectivity index (χ4v) is 1.50. The summed E-state index contributed by atoms with van der Waals surface area (Å²) in [5.41, 5.74) is -0.736. The topological polar surface area (TPSA) is 0 Å². The molecule has 0 fully saturated rings. The van der Waals surface area contributed by atoms with E-state index in [0.717, 1.165) is 24.3 Å². The van der Waals surface area contributed by atoms with Gasteiger partial charge in [-0.05, 0) is 29.0 Å². The summed E-state index contributed by atoms with van der Waals surface area (Å²) >= 11 is 0. The molecule has 0 unspecified atom stereocenters. The molecule has 0 aliphatic rings. The van der Waals surface area contributed by atoms with Crippen molar-refractivity contribution in [2.45, 2.75) is 6.18 Å². The van der Waals surface area contributed by atoms with Crippen LogP contribution < -0.4 is 0 Å². The zero-order valence-corrected chi connectivity index (χ0v) is 7.48. The van der Waals surface area contributed by atoms with E-state index in [0.29, 0.717) is 0 Å². The zero-order valence-electron chi connectivity index (χ0n) is 7.48. The molecule has 0 aromatic heterocycles. The van der Waals surface area contributed by atoms with Gasteiger partial charge in [0.15, 0.2) is 0 Å². The number of fused-ring (bicyclic) bond motifs is 1. The third-order valence-corrected chi connectivity index (χ3v) is 2.15. The Kier molecular flexibility index (Phi) is 2.14. The molecule has 0 saturated carbocycles. The van der Waals surface area contributed by atoms with Crippen LogP contribution in [0.4, 0.5) is 17.6 Å². The van der Waals surface area contributed by atoms with Gasteiger partial charge in [-0.3, -0.25) is 0 Å². The molecular weight excluding hydrogens is 208 g/mol. The van der Waals surface area contributed by atoms with Crippen LogP contribution in [0.3, 0.4) is 0 Å². The maximum atomic E-state index is 12.8. The Bertz CT molecular complexity index is 499. The number of hydrogen-bond donors (Lipinski definition) is 0. The molecule has 2 aromatic rings. The van der Waals surface area contributed by atoms with E-state index in [9.17, 15) is 17.6 Å². The van der Waals surface area contributed by atoms with Crippen LogP contribution in [0.1, 0.15) is 5.56 Å². The number of benzene rings is 2. The normalized spacial score (nSPS) is 12.0. The molecule has 0 aliphatic heterocycles. The first-order valence-corrected chi connectivity index (χ1v) is 4.24. The van der Waals surface area contributed by atoms with Crippen LogP contribution in [0.5, 0.6) is 0 Å². The van der Waals surface area contributed by atoms with Gasteiger partial charge in [-0.2, -0.15) is 13.2 Å². The van der Waals surface area contributed by atoms with Crippen molar-refractivity contribution in [3.05, 3.63) is 47.8 Å². The Morgan fingerprint density at radius 3 is 2.33 bits per heavy atom. The van der Waals surface area contributed by atoms with Gasteiger partial charge >= 0.3 is 6.18 Å². The quantitative estimate of drug-likeness (QED) is 0.581. The zero-order chi connectivity index (χ0) is 11.1. The summed E-state index contributed by atoms with van der Waals surface area (Å²) in [6, 6.07) is 6.97. The Morgan fingerprint density at radius 2 is 1.67 bits per heavy atom. The molecule has 0 saturated heterocycles. The molecule has 0 N–H and O–H groups in total. The number of rotatable bonds is 0. The van der Waals surface area contributed by atoms with Crippen molar-refractivity contribution in [1.29, 1.82) is 0 Å². The van der Waals surface area contributed by atoms with E-state index in [4.69, 9.17) is 0 Å². The van der Waals surface area contributed by atoms with Crippen LogP contribution in [0.15, 0.2) is 36.4 Å². The molecule has 0 heterocycles. The highest BCUT2D eigenvalue weighted by molar-refractivity contribution is 5.86. The molecule has 15 heavy (non-hydrogen) atoms. The monoisotopic (exact) mass is 214 g/mol. The second-order valence-electron chi connectivity index (χ2n) is 3.17. The second kappa shape index (κ2) is 3.22.